The molecule has 0 atom stereocenters. The Morgan fingerprint density at radius 2 is 1.92 bits per heavy atom. The van der Waals surface area contributed by atoms with Crippen molar-refractivity contribution in [3.8, 4) is 23.8 Å². The van der Waals surface area contributed by atoms with Crippen LogP contribution in [0.1, 0.15) is 11.1 Å². The average Bonchev–Trinajstić information content (AvgIpc) is 2.67. The third-order valence-electron chi connectivity index (χ3n) is 3.72. The summed E-state index contributed by atoms with van der Waals surface area (Å²) in [5, 5.41) is 0. The summed E-state index contributed by atoms with van der Waals surface area (Å²) in [5.74, 6) is 3.17. The fourth-order valence-corrected chi connectivity index (χ4v) is 2.37. The summed E-state index contributed by atoms with van der Waals surface area (Å²) in [5.41, 5.74) is 1.50. The molecular formula is C21H20FNO3. The average molecular weight is 353 g/mol. The molecule has 0 aliphatic rings. The van der Waals surface area contributed by atoms with E-state index in [2.05, 4.69) is 5.92 Å². The minimum atomic E-state index is -0.325. The largest absolute Gasteiger partial charge is 0.497 e. The smallest absolute Gasteiger partial charge is 0.247 e. The zero-order chi connectivity index (χ0) is 18.9. The second-order valence-electron chi connectivity index (χ2n) is 5.47. The van der Waals surface area contributed by atoms with E-state index in [1.165, 1.54) is 23.1 Å². The monoisotopic (exact) mass is 353 g/mol. The maximum absolute atomic E-state index is 13.0. The van der Waals surface area contributed by atoms with Crippen LogP contribution in [-0.2, 0) is 11.3 Å². The van der Waals surface area contributed by atoms with Crippen molar-refractivity contribution in [2.75, 3.05) is 20.8 Å². The lowest BCUT2D eigenvalue weighted by atomic mass is 10.1. The van der Waals surface area contributed by atoms with Crippen LogP contribution in [0.4, 0.5) is 4.39 Å². The molecule has 0 heterocycles. The van der Waals surface area contributed by atoms with Gasteiger partial charge in [-0.3, -0.25) is 4.79 Å². The number of terminal acetylenes is 1. The molecule has 4 nitrogen and oxygen atoms in total. The van der Waals surface area contributed by atoms with Crippen LogP contribution in [0.5, 0.6) is 11.5 Å². The van der Waals surface area contributed by atoms with Gasteiger partial charge >= 0.3 is 0 Å². The van der Waals surface area contributed by atoms with Gasteiger partial charge in [0.1, 0.15) is 17.3 Å². The van der Waals surface area contributed by atoms with Gasteiger partial charge in [-0.2, -0.15) is 0 Å². The topological polar surface area (TPSA) is 38.8 Å². The molecule has 0 spiro atoms. The predicted octanol–water partition coefficient (Wildman–Crippen LogP) is 3.52. The molecule has 0 saturated heterocycles. The molecule has 1 amide bonds. The molecule has 0 radical (unpaired) electrons. The summed E-state index contributed by atoms with van der Waals surface area (Å²) in [6, 6.07) is 11.3. The summed E-state index contributed by atoms with van der Waals surface area (Å²) in [4.78, 5) is 14.0. The summed E-state index contributed by atoms with van der Waals surface area (Å²) in [6.45, 7) is 0.443. The van der Waals surface area contributed by atoms with Crippen LogP contribution in [0.15, 0.2) is 48.5 Å². The first-order valence-corrected chi connectivity index (χ1v) is 7.94. The van der Waals surface area contributed by atoms with Gasteiger partial charge in [-0.25, -0.2) is 4.39 Å². The Morgan fingerprint density at radius 3 is 2.54 bits per heavy atom. The standard InChI is InChI=1S/C21H20FNO3/c1-4-13-23(15-16-5-8-18(22)9-6-16)21(24)12-7-17-14-19(25-2)10-11-20(17)26-3/h1,5-12,14H,13,15H2,2-3H3/b12-7+. The summed E-state index contributed by atoms with van der Waals surface area (Å²) in [7, 11) is 3.12. The molecule has 2 aromatic carbocycles. The zero-order valence-corrected chi connectivity index (χ0v) is 14.7. The van der Waals surface area contributed by atoms with E-state index in [1.54, 1.807) is 50.6 Å². The fraction of sp³-hybridized carbons (Fsp3) is 0.190. The Bertz CT molecular complexity index is 822. The minimum Gasteiger partial charge on any atom is -0.497 e. The lowest BCUT2D eigenvalue weighted by Gasteiger charge is -2.18. The summed E-state index contributed by atoms with van der Waals surface area (Å²) >= 11 is 0. The number of benzene rings is 2. The van der Waals surface area contributed by atoms with Crippen molar-refractivity contribution < 1.29 is 18.7 Å². The molecule has 2 rings (SSSR count). The highest BCUT2D eigenvalue weighted by Gasteiger charge is 2.11. The van der Waals surface area contributed by atoms with Crippen LogP contribution >= 0.6 is 0 Å². The van der Waals surface area contributed by atoms with Gasteiger partial charge in [0.25, 0.3) is 0 Å². The van der Waals surface area contributed by atoms with Crippen LogP contribution in [0, 0.1) is 18.2 Å². The van der Waals surface area contributed by atoms with E-state index in [9.17, 15) is 9.18 Å². The van der Waals surface area contributed by atoms with Gasteiger partial charge in [0, 0.05) is 18.2 Å². The highest BCUT2D eigenvalue weighted by molar-refractivity contribution is 5.92. The van der Waals surface area contributed by atoms with Crippen LogP contribution in [0.3, 0.4) is 0 Å². The molecule has 5 heteroatoms. The summed E-state index contributed by atoms with van der Waals surface area (Å²) in [6.07, 6.45) is 8.45. The van der Waals surface area contributed by atoms with Crippen molar-refractivity contribution in [1.29, 1.82) is 0 Å². The van der Waals surface area contributed by atoms with Gasteiger partial charge in [0.05, 0.1) is 20.8 Å². The third kappa shape index (κ3) is 5.12. The Morgan fingerprint density at radius 1 is 1.19 bits per heavy atom. The molecule has 26 heavy (non-hydrogen) atoms. The van der Waals surface area contributed by atoms with Crippen LogP contribution in [0.2, 0.25) is 0 Å². The molecule has 0 fully saturated rings. The first-order valence-electron chi connectivity index (χ1n) is 7.94. The molecule has 0 saturated carbocycles. The SMILES string of the molecule is C#CCN(Cc1ccc(F)cc1)C(=O)/C=C/c1cc(OC)ccc1OC. The molecule has 0 aliphatic heterocycles. The normalized spacial score (nSPS) is 10.4. The highest BCUT2D eigenvalue weighted by atomic mass is 19.1. The minimum absolute atomic E-state index is 0.149. The predicted molar refractivity (Wildman–Crippen MR) is 99.2 cm³/mol. The highest BCUT2D eigenvalue weighted by Crippen LogP contribution is 2.25. The van der Waals surface area contributed by atoms with Gasteiger partial charge in [0.2, 0.25) is 5.91 Å². The zero-order valence-electron chi connectivity index (χ0n) is 14.7. The number of hydrogen-bond donors (Lipinski definition) is 0. The van der Waals surface area contributed by atoms with Gasteiger partial charge in [0.15, 0.2) is 0 Å². The maximum atomic E-state index is 13.0. The number of methoxy groups -OCH3 is 2. The molecule has 0 unspecified atom stereocenters. The van der Waals surface area contributed by atoms with E-state index < -0.39 is 0 Å². The van der Waals surface area contributed by atoms with E-state index in [1.807, 2.05) is 0 Å². The molecule has 0 aliphatic carbocycles. The number of halogens is 1. The van der Waals surface area contributed by atoms with Gasteiger partial charge in [-0.05, 0) is 42.0 Å². The van der Waals surface area contributed by atoms with Crippen molar-refractivity contribution in [3.63, 3.8) is 0 Å². The quantitative estimate of drug-likeness (QED) is 0.565. The van der Waals surface area contributed by atoms with Crippen LogP contribution in [0.25, 0.3) is 6.08 Å². The van der Waals surface area contributed by atoms with Crippen molar-refractivity contribution in [1.82, 2.24) is 4.90 Å². The van der Waals surface area contributed by atoms with Crippen LogP contribution < -0.4 is 9.47 Å². The van der Waals surface area contributed by atoms with E-state index in [-0.39, 0.29) is 18.3 Å². The van der Waals surface area contributed by atoms with Crippen molar-refractivity contribution in [3.05, 3.63) is 65.5 Å². The van der Waals surface area contributed by atoms with Crippen LogP contribution in [-0.4, -0.2) is 31.6 Å². The Balaban J connectivity index is 2.17. The molecule has 0 N–H and O–H groups in total. The lowest BCUT2D eigenvalue weighted by Crippen LogP contribution is -2.29. The van der Waals surface area contributed by atoms with Crippen molar-refractivity contribution in [2.45, 2.75) is 6.54 Å². The Labute approximate surface area is 152 Å². The molecular weight excluding hydrogens is 333 g/mol. The van der Waals surface area contributed by atoms with E-state index >= 15 is 0 Å². The second kappa shape index (κ2) is 9.28. The van der Waals surface area contributed by atoms with Gasteiger partial charge < -0.3 is 14.4 Å². The fourth-order valence-electron chi connectivity index (χ4n) is 2.37. The van der Waals surface area contributed by atoms with Crippen molar-refractivity contribution in [2.24, 2.45) is 0 Å². The number of rotatable bonds is 7. The number of ether oxygens (including phenoxy) is 2. The first-order chi connectivity index (χ1) is 12.6. The third-order valence-corrected chi connectivity index (χ3v) is 3.72. The molecule has 2 aromatic rings. The molecule has 134 valence electrons. The second-order valence-corrected chi connectivity index (χ2v) is 5.47. The van der Waals surface area contributed by atoms with E-state index in [4.69, 9.17) is 15.9 Å². The molecule has 0 bridgehead atoms. The molecule has 0 aromatic heterocycles. The number of nitrogens with zero attached hydrogens (tertiary/aromatic N) is 1. The van der Waals surface area contributed by atoms with Gasteiger partial charge in [-0.15, -0.1) is 6.42 Å². The number of carbonyl (C=O) groups excluding carboxylic acids is 1. The van der Waals surface area contributed by atoms with E-state index in [0.29, 0.717) is 23.6 Å². The maximum Gasteiger partial charge on any atom is 0.247 e. The van der Waals surface area contributed by atoms with E-state index in [0.717, 1.165) is 5.56 Å². The first kappa shape index (κ1) is 19.1. The Kier molecular flexibility index (Phi) is 6.81. The van der Waals surface area contributed by atoms with Crippen molar-refractivity contribution >= 4 is 12.0 Å². The number of hydrogen-bond acceptors (Lipinski definition) is 3. The Hall–Kier alpha value is -3.26. The number of carbonyl (C=O) groups is 1. The van der Waals surface area contributed by atoms with Gasteiger partial charge in [-0.1, -0.05) is 18.1 Å². The lowest BCUT2D eigenvalue weighted by molar-refractivity contribution is -0.125. The number of amides is 1. The summed E-state index contributed by atoms with van der Waals surface area (Å²) < 4.78 is 23.5.